The van der Waals surface area contributed by atoms with Crippen molar-refractivity contribution < 1.29 is 24.5 Å². The van der Waals surface area contributed by atoms with E-state index in [-0.39, 0.29) is 18.5 Å². The molecule has 0 fully saturated rings. The van der Waals surface area contributed by atoms with Crippen LogP contribution in [0.1, 0.15) is 380 Å². The van der Waals surface area contributed by atoms with Crippen molar-refractivity contribution in [3.8, 4) is 0 Å². The van der Waals surface area contributed by atoms with Crippen LogP contribution in [-0.4, -0.2) is 47.4 Å². The molecule has 77 heavy (non-hydrogen) atoms. The van der Waals surface area contributed by atoms with Crippen LogP contribution in [0.2, 0.25) is 0 Å². The molecule has 0 rings (SSSR count). The fraction of sp³-hybridized carbons (Fsp3) is 0.887. The first kappa shape index (κ1) is 75.1. The van der Waals surface area contributed by atoms with Gasteiger partial charge in [0.25, 0.3) is 0 Å². The van der Waals surface area contributed by atoms with E-state index in [1.165, 1.54) is 295 Å². The highest BCUT2D eigenvalue weighted by molar-refractivity contribution is 5.76. The molecule has 0 bridgehead atoms. The summed E-state index contributed by atoms with van der Waals surface area (Å²) in [6.07, 6.45) is 84.7. The monoisotopic (exact) mass is 1080 g/mol. The Morgan fingerprint density at radius 1 is 0.364 bits per heavy atom. The lowest BCUT2D eigenvalue weighted by Crippen LogP contribution is -2.45. The van der Waals surface area contributed by atoms with E-state index < -0.39 is 12.1 Å². The number of ether oxygens (including phenoxy) is 1. The van der Waals surface area contributed by atoms with Crippen LogP contribution in [0.5, 0.6) is 0 Å². The van der Waals surface area contributed by atoms with Gasteiger partial charge in [-0.3, -0.25) is 9.59 Å². The lowest BCUT2D eigenvalue weighted by Gasteiger charge is -2.22. The van der Waals surface area contributed by atoms with Gasteiger partial charge >= 0.3 is 5.97 Å². The Balaban J connectivity index is 3.38. The number of aliphatic hydroxyl groups excluding tert-OH is 2. The van der Waals surface area contributed by atoms with Crippen LogP contribution in [0.15, 0.2) is 36.5 Å². The number of aliphatic hydroxyl groups is 2. The second kappa shape index (κ2) is 66.6. The topological polar surface area (TPSA) is 95.9 Å². The predicted octanol–water partition coefficient (Wildman–Crippen LogP) is 22.3. The zero-order valence-corrected chi connectivity index (χ0v) is 52.0. The first-order valence-electron chi connectivity index (χ1n) is 34.7. The number of nitrogens with one attached hydrogen (secondary N) is 1. The Hall–Kier alpha value is -1.92. The molecule has 0 aromatic rings. The van der Waals surface area contributed by atoms with E-state index in [0.717, 1.165) is 51.4 Å². The van der Waals surface area contributed by atoms with Gasteiger partial charge in [-0.15, -0.1) is 0 Å². The van der Waals surface area contributed by atoms with Crippen molar-refractivity contribution in [3.63, 3.8) is 0 Å². The van der Waals surface area contributed by atoms with Gasteiger partial charge in [-0.05, 0) is 83.5 Å². The number of hydrogen-bond donors (Lipinski definition) is 3. The normalized spacial score (nSPS) is 12.7. The molecule has 0 aromatic carbocycles. The first-order valence-corrected chi connectivity index (χ1v) is 34.7. The largest absolute Gasteiger partial charge is 0.466 e. The summed E-state index contributed by atoms with van der Waals surface area (Å²) in [5.41, 5.74) is 0. The van der Waals surface area contributed by atoms with E-state index in [2.05, 4.69) is 55.6 Å². The summed E-state index contributed by atoms with van der Waals surface area (Å²) in [5, 5.41) is 23.3. The van der Waals surface area contributed by atoms with Crippen molar-refractivity contribution in [3.05, 3.63) is 36.5 Å². The average molecular weight is 1080 g/mol. The second-order valence-corrected chi connectivity index (χ2v) is 23.9. The average Bonchev–Trinajstić information content (AvgIpc) is 3.43. The molecule has 2 atom stereocenters. The number of unbranched alkanes of at least 4 members (excludes halogenated alkanes) is 48. The van der Waals surface area contributed by atoms with Crippen LogP contribution in [-0.2, 0) is 14.3 Å². The zero-order chi connectivity index (χ0) is 55.7. The van der Waals surface area contributed by atoms with Crippen molar-refractivity contribution in [2.24, 2.45) is 0 Å². The first-order chi connectivity index (χ1) is 38.0. The number of carbonyl (C=O) groups excluding carboxylic acids is 2. The lowest BCUT2D eigenvalue weighted by atomic mass is 10.0. The summed E-state index contributed by atoms with van der Waals surface area (Å²) in [4.78, 5) is 24.6. The van der Waals surface area contributed by atoms with Crippen molar-refractivity contribution in [1.82, 2.24) is 5.32 Å². The van der Waals surface area contributed by atoms with Crippen LogP contribution in [0.4, 0.5) is 0 Å². The molecule has 0 spiro atoms. The van der Waals surface area contributed by atoms with Crippen LogP contribution >= 0.6 is 0 Å². The number of amides is 1. The molecule has 6 nitrogen and oxygen atoms in total. The van der Waals surface area contributed by atoms with E-state index in [4.69, 9.17) is 4.74 Å². The fourth-order valence-electron chi connectivity index (χ4n) is 10.8. The molecule has 0 saturated heterocycles. The fourth-order valence-corrected chi connectivity index (χ4v) is 10.8. The molecular weight excluding hydrogens is 947 g/mol. The van der Waals surface area contributed by atoms with E-state index in [9.17, 15) is 19.8 Å². The third-order valence-electron chi connectivity index (χ3n) is 16.2. The third kappa shape index (κ3) is 63.1. The minimum Gasteiger partial charge on any atom is -0.466 e. The van der Waals surface area contributed by atoms with Gasteiger partial charge in [0, 0.05) is 12.8 Å². The van der Waals surface area contributed by atoms with E-state index >= 15 is 0 Å². The molecule has 1 amide bonds. The number of allylic oxidation sites excluding steroid dienone is 6. The van der Waals surface area contributed by atoms with Gasteiger partial charge in [0.2, 0.25) is 5.91 Å². The molecule has 454 valence electrons. The summed E-state index contributed by atoms with van der Waals surface area (Å²) in [5.74, 6) is -0.0297. The summed E-state index contributed by atoms with van der Waals surface area (Å²) in [7, 11) is 0. The molecule has 3 N–H and O–H groups in total. The number of hydrogen-bond acceptors (Lipinski definition) is 5. The SMILES string of the molecule is CCCCCC/C=C\C/C=C\CCCCCCCC(=O)OCCCCCCCCCCCCCC/C=C\CCCCCCCCCCCCCCC(=O)NC(CO)C(O)CCCCCCCCCCCCCCCCCC. The molecule has 0 aliphatic carbocycles. The van der Waals surface area contributed by atoms with Crippen LogP contribution in [0.25, 0.3) is 0 Å². The maximum absolute atomic E-state index is 12.5. The van der Waals surface area contributed by atoms with Crippen LogP contribution < -0.4 is 5.32 Å². The molecular formula is C71H135NO5. The Bertz CT molecular complexity index is 1250. The predicted molar refractivity (Wildman–Crippen MR) is 338 cm³/mol. The summed E-state index contributed by atoms with van der Waals surface area (Å²) >= 11 is 0. The van der Waals surface area contributed by atoms with Gasteiger partial charge < -0.3 is 20.3 Å². The highest BCUT2D eigenvalue weighted by Gasteiger charge is 2.20. The summed E-state index contributed by atoms with van der Waals surface area (Å²) in [6.45, 7) is 4.96. The zero-order valence-electron chi connectivity index (χ0n) is 52.0. The maximum Gasteiger partial charge on any atom is 0.305 e. The highest BCUT2D eigenvalue weighted by atomic mass is 16.5. The summed E-state index contributed by atoms with van der Waals surface area (Å²) < 4.78 is 5.49. The summed E-state index contributed by atoms with van der Waals surface area (Å²) in [6, 6.07) is -0.542. The van der Waals surface area contributed by atoms with Gasteiger partial charge in [-0.2, -0.15) is 0 Å². The molecule has 0 aromatic heterocycles. The Labute approximate surface area is 481 Å². The van der Waals surface area contributed by atoms with Crippen molar-refractivity contribution in [2.75, 3.05) is 13.2 Å². The third-order valence-corrected chi connectivity index (χ3v) is 16.2. The number of esters is 1. The van der Waals surface area contributed by atoms with Crippen LogP contribution in [0.3, 0.4) is 0 Å². The van der Waals surface area contributed by atoms with Gasteiger partial charge in [-0.1, -0.05) is 320 Å². The van der Waals surface area contributed by atoms with E-state index in [1.807, 2.05) is 0 Å². The smallest absolute Gasteiger partial charge is 0.305 e. The van der Waals surface area contributed by atoms with Gasteiger partial charge in [0.05, 0.1) is 25.4 Å². The van der Waals surface area contributed by atoms with E-state index in [0.29, 0.717) is 25.9 Å². The lowest BCUT2D eigenvalue weighted by molar-refractivity contribution is -0.143. The molecule has 0 aliphatic heterocycles. The maximum atomic E-state index is 12.5. The molecule has 6 heteroatoms. The van der Waals surface area contributed by atoms with E-state index in [1.54, 1.807) is 0 Å². The quantitative estimate of drug-likeness (QED) is 0.0320. The van der Waals surface area contributed by atoms with Gasteiger partial charge in [0.15, 0.2) is 0 Å². The standard InChI is InChI=1S/C71H135NO5/c1-3-5-7-9-11-13-15-17-19-35-39-43-47-51-55-59-63-69(74)68(67-73)72-70(75)64-60-56-52-48-44-40-36-33-31-29-27-25-23-21-22-24-26-28-30-32-34-38-42-46-50-54-58-62-66-77-71(76)65-61-57-53-49-45-41-37-20-18-16-14-12-10-8-6-4-2/h14,16,20-22,37,68-69,73-74H,3-13,15,17-19,23-36,38-67H2,1-2H3,(H,72,75)/b16-14-,22-21-,37-20-. The second-order valence-electron chi connectivity index (χ2n) is 23.9. The van der Waals surface area contributed by atoms with Crippen molar-refractivity contribution in [2.45, 2.75) is 392 Å². The van der Waals surface area contributed by atoms with Gasteiger partial charge in [0.1, 0.15) is 0 Å². The Kier molecular flexibility index (Phi) is 64.9. The molecule has 0 aliphatic rings. The molecule has 2 unspecified atom stereocenters. The molecule has 0 heterocycles. The molecule has 0 radical (unpaired) electrons. The Morgan fingerprint density at radius 2 is 0.649 bits per heavy atom. The van der Waals surface area contributed by atoms with Crippen molar-refractivity contribution >= 4 is 11.9 Å². The van der Waals surface area contributed by atoms with Crippen molar-refractivity contribution in [1.29, 1.82) is 0 Å². The highest BCUT2D eigenvalue weighted by Crippen LogP contribution is 2.18. The number of rotatable bonds is 65. The minimum atomic E-state index is -0.664. The molecule has 0 saturated carbocycles. The Morgan fingerprint density at radius 3 is 1.01 bits per heavy atom. The minimum absolute atomic E-state index is 0.00271. The van der Waals surface area contributed by atoms with Crippen LogP contribution in [0, 0.1) is 0 Å². The van der Waals surface area contributed by atoms with Gasteiger partial charge in [-0.25, -0.2) is 0 Å². The number of carbonyl (C=O) groups is 2.